The van der Waals surface area contributed by atoms with Gasteiger partial charge in [-0.05, 0) is 103 Å². The fraction of sp³-hybridized carbons (Fsp3) is 0.738. The predicted molar refractivity (Wildman–Crippen MR) is 288 cm³/mol. The van der Waals surface area contributed by atoms with Gasteiger partial charge in [-0.25, -0.2) is 0 Å². The summed E-state index contributed by atoms with van der Waals surface area (Å²) >= 11 is 0. The van der Waals surface area contributed by atoms with Crippen LogP contribution in [0.25, 0.3) is 0 Å². The van der Waals surface area contributed by atoms with E-state index >= 15 is 0 Å². The smallest absolute Gasteiger partial charge is 0.306 e. The van der Waals surface area contributed by atoms with Gasteiger partial charge < -0.3 is 14.2 Å². The summed E-state index contributed by atoms with van der Waals surface area (Å²) in [6, 6.07) is 0. The predicted octanol–water partition coefficient (Wildman–Crippen LogP) is 19.2. The zero-order chi connectivity index (χ0) is 47.7. The SMILES string of the molecule is CC/C=C\C/C=C\C/C=C\C/C=C\C/C=C\CCOCC(COC(=O)CCCCCCCCCCC/C=C\CCCCCCCC)OC(=O)CCCCCCC/C=C\CCCCCCCC. The normalized spacial score (nSPS) is 12.8. The van der Waals surface area contributed by atoms with Crippen molar-refractivity contribution in [2.24, 2.45) is 0 Å². The van der Waals surface area contributed by atoms with Crippen LogP contribution in [0, 0.1) is 0 Å². The topological polar surface area (TPSA) is 61.8 Å². The van der Waals surface area contributed by atoms with Crippen molar-refractivity contribution >= 4 is 11.9 Å². The van der Waals surface area contributed by atoms with E-state index in [0.717, 1.165) is 83.5 Å². The molecular weight excluding hydrogens is 813 g/mol. The molecule has 0 aromatic heterocycles. The minimum Gasteiger partial charge on any atom is -0.462 e. The number of allylic oxidation sites excluding steroid dienone is 13. The van der Waals surface area contributed by atoms with Crippen molar-refractivity contribution in [3.8, 4) is 0 Å². The van der Waals surface area contributed by atoms with Crippen LogP contribution in [0.3, 0.4) is 0 Å². The molecule has 0 saturated heterocycles. The zero-order valence-corrected chi connectivity index (χ0v) is 43.7. The first kappa shape index (κ1) is 63.1. The second-order valence-electron chi connectivity index (χ2n) is 18.4. The van der Waals surface area contributed by atoms with E-state index in [4.69, 9.17) is 14.2 Å². The molecule has 0 amide bonds. The van der Waals surface area contributed by atoms with Gasteiger partial charge in [0.15, 0.2) is 6.10 Å². The molecule has 0 saturated carbocycles. The maximum Gasteiger partial charge on any atom is 0.306 e. The van der Waals surface area contributed by atoms with Crippen LogP contribution < -0.4 is 0 Å². The average Bonchev–Trinajstić information content (AvgIpc) is 3.32. The number of carbonyl (C=O) groups excluding carboxylic acids is 2. The Labute approximate surface area is 409 Å². The quantitative estimate of drug-likeness (QED) is 0.0346. The van der Waals surface area contributed by atoms with Crippen LogP contribution in [0.15, 0.2) is 85.1 Å². The number of carbonyl (C=O) groups is 2. The Bertz CT molecular complexity index is 1220. The molecule has 0 spiro atoms. The van der Waals surface area contributed by atoms with Gasteiger partial charge in [0.2, 0.25) is 0 Å². The molecule has 380 valence electrons. The maximum absolute atomic E-state index is 12.8. The third-order valence-electron chi connectivity index (χ3n) is 11.9. The molecular formula is C61H106O5. The molecule has 5 nitrogen and oxygen atoms in total. The van der Waals surface area contributed by atoms with Gasteiger partial charge >= 0.3 is 11.9 Å². The lowest BCUT2D eigenvalue weighted by atomic mass is 10.1. The standard InChI is InChI=1S/C61H106O5/c1-4-7-10-13-16-19-22-25-28-30-31-32-34-36-39-42-45-48-51-54-60(62)65-58-59(57-64-56-53-50-47-44-41-38-35-29-26-23-20-17-14-11-8-5-2)66-61(63)55-52-49-46-43-40-37-33-27-24-21-18-15-12-9-6-3/h8,11,17,20,25-29,33,38,41,47,50,59H,4-7,9-10,12-16,18-19,21-24,30-32,34-37,39-40,42-46,48-49,51-58H2,1-3H3/b11-8-,20-17-,28-25-,29-26-,33-27-,41-38-,50-47-. The number of esters is 2. The van der Waals surface area contributed by atoms with Gasteiger partial charge in [0.05, 0.1) is 13.2 Å². The molecule has 0 rings (SSSR count). The highest BCUT2D eigenvalue weighted by Crippen LogP contribution is 2.14. The molecule has 0 aromatic rings. The summed E-state index contributed by atoms with van der Waals surface area (Å²) in [5.41, 5.74) is 0. The van der Waals surface area contributed by atoms with Crippen LogP contribution >= 0.6 is 0 Å². The molecule has 1 atom stereocenters. The molecule has 0 bridgehead atoms. The molecule has 0 aromatic carbocycles. The van der Waals surface area contributed by atoms with Crippen molar-refractivity contribution in [2.75, 3.05) is 19.8 Å². The monoisotopic (exact) mass is 919 g/mol. The van der Waals surface area contributed by atoms with Crippen LogP contribution in [0.1, 0.15) is 265 Å². The second kappa shape index (κ2) is 56.4. The molecule has 0 fully saturated rings. The summed E-state index contributed by atoms with van der Waals surface area (Å²) in [6.45, 7) is 7.51. The molecule has 0 aliphatic carbocycles. The van der Waals surface area contributed by atoms with Gasteiger partial charge in [0.1, 0.15) is 6.61 Å². The van der Waals surface area contributed by atoms with E-state index in [1.54, 1.807) is 0 Å². The molecule has 1 unspecified atom stereocenters. The van der Waals surface area contributed by atoms with Crippen LogP contribution in [-0.4, -0.2) is 37.9 Å². The highest BCUT2D eigenvalue weighted by Gasteiger charge is 2.17. The fourth-order valence-electron chi connectivity index (χ4n) is 7.74. The Kier molecular flexibility index (Phi) is 53.9. The number of hydrogen-bond donors (Lipinski definition) is 0. The Morgan fingerprint density at radius 3 is 1.09 bits per heavy atom. The molecule has 5 heteroatoms. The van der Waals surface area contributed by atoms with Gasteiger partial charge in [-0.1, -0.05) is 234 Å². The van der Waals surface area contributed by atoms with Crippen LogP contribution in [-0.2, 0) is 23.8 Å². The van der Waals surface area contributed by atoms with Crippen molar-refractivity contribution in [1.82, 2.24) is 0 Å². The van der Waals surface area contributed by atoms with E-state index < -0.39 is 6.10 Å². The van der Waals surface area contributed by atoms with Crippen LogP contribution in [0.5, 0.6) is 0 Å². The lowest BCUT2D eigenvalue weighted by molar-refractivity contribution is -0.162. The third-order valence-corrected chi connectivity index (χ3v) is 11.9. The van der Waals surface area contributed by atoms with Gasteiger partial charge in [0.25, 0.3) is 0 Å². The summed E-state index contributed by atoms with van der Waals surface area (Å²) in [5, 5.41) is 0. The number of ether oxygens (including phenoxy) is 3. The first-order valence-corrected chi connectivity index (χ1v) is 28.1. The summed E-state index contributed by atoms with van der Waals surface area (Å²) in [6.07, 6.45) is 74.8. The molecule has 0 N–H and O–H groups in total. The Morgan fingerprint density at radius 2 is 0.682 bits per heavy atom. The van der Waals surface area contributed by atoms with Crippen LogP contribution in [0.4, 0.5) is 0 Å². The molecule has 66 heavy (non-hydrogen) atoms. The molecule has 0 aliphatic rings. The highest BCUT2D eigenvalue weighted by molar-refractivity contribution is 5.70. The lowest BCUT2D eigenvalue weighted by Crippen LogP contribution is -2.30. The summed E-state index contributed by atoms with van der Waals surface area (Å²) < 4.78 is 17.3. The van der Waals surface area contributed by atoms with Crippen molar-refractivity contribution in [1.29, 1.82) is 0 Å². The minimum atomic E-state index is -0.584. The van der Waals surface area contributed by atoms with E-state index in [2.05, 4.69) is 106 Å². The fourth-order valence-corrected chi connectivity index (χ4v) is 7.74. The summed E-state index contributed by atoms with van der Waals surface area (Å²) in [5.74, 6) is -0.446. The van der Waals surface area contributed by atoms with Crippen molar-refractivity contribution in [3.05, 3.63) is 85.1 Å². The zero-order valence-electron chi connectivity index (χ0n) is 43.7. The third kappa shape index (κ3) is 53.7. The van der Waals surface area contributed by atoms with E-state index in [0.29, 0.717) is 19.4 Å². The van der Waals surface area contributed by atoms with Crippen molar-refractivity contribution in [3.63, 3.8) is 0 Å². The highest BCUT2D eigenvalue weighted by atomic mass is 16.6. The number of unbranched alkanes of at least 4 members (excludes halogenated alkanes) is 26. The Balaban J connectivity index is 4.36. The average molecular weight is 920 g/mol. The largest absolute Gasteiger partial charge is 0.462 e. The number of rotatable bonds is 51. The minimum absolute atomic E-state index is 0.0491. The van der Waals surface area contributed by atoms with Crippen LogP contribution in [0.2, 0.25) is 0 Å². The Morgan fingerprint density at radius 1 is 0.348 bits per heavy atom. The van der Waals surface area contributed by atoms with Gasteiger partial charge in [0, 0.05) is 12.8 Å². The van der Waals surface area contributed by atoms with Gasteiger partial charge in [-0.2, -0.15) is 0 Å². The van der Waals surface area contributed by atoms with Gasteiger partial charge in [-0.3, -0.25) is 9.59 Å². The van der Waals surface area contributed by atoms with Gasteiger partial charge in [-0.15, -0.1) is 0 Å². The maximum atomic E-state index is 12.8. The van der Waals surface area contributed by atoms with Crippen molar-refractivity contribution in [2.45, 2.75) is 271 Å². The lowest BCUT2D eigenvalue weighted by Gasteiger charge is -2.18. The van der Waals surface area contributed by atoms with Crippen molar-refractivity contribution < 1.29 is 23.8 Å². The summed E-state index contributed by atoms with van der Waals surface area (Å²) in [4.78, 5) is 25.5. The second-order valence-corrected chi connectivity index (χ2v) is 18.4. The van der Waals surface area contributed by atoms with E-state index in [1.165, 1.54) is 148 Å². The molecule has 0 aliphatic heterocycles. The Hall–Kier alpha value is -2.92. The van der Waals surface area contributed by atoms with E-state index in [9.17, 15) is 9.59 Å². The summed E-state index contributed by atoms with van der Waals surface area (Å²) in [7, 11) is 0. The number of hydrogen-bond acceptors (Lipinski definition) is 5. The first-order valence-electron chi connectivity index (χ1n) is 28.1. The first-order chi connectivity index (χ1) is 32.6. The van der Waals surface area contributed by atoms with E-state index in [1.807, 2.05) is 0 Å². The molecule has 0 radical (unpaired) electrons. The van der Waals surface area contributed by atoms with E-state index in [-0.39, 0.29) is 25.2 Å². The molecule has 0 heterocycles.